The first-order chi connectivity index (χ1) is 4.52. The molecule has 1 rings (SSSR count). The van der Waals surface area contributed by atoms with Crippen LogP contribution >= 0.6 is 12.4 Å². The molecule has 0 bridgehead atoms. The van der Waals surface area contributed by atoms with Crippen LogP contribution in [0.25, 0.3) is 0 Å². The van der Waals surface area contributed by atoms with E-state index in [9.17, 15) is 8.78 Å². The summed E-state index contributed by atoms with van der Waals surface area (Å²) in [6.45, 7) is 1.57. The van der Waals surface area contributed by atoms with E-state index in [1.165, 1.54) is 0 Å². The quantitative estimate of drug-likeness (QED) is 0.615. The van der Waals surface area contributed by atoms with E-state index in [0.717, 1.165) is 0 Å². The molecule has 2 atom stereocenters. The number of halogens is 3. The minimum atomic E-state index is -2.46. The third-order valence-electron chi connectivity index (χ3n) is 2.23. The van der Waals surface area contributed by atoms with Gasteiger partial charge in [0, 0.05) is 18.4 Å². The van der Waals surface area contributed by atoms with Gasteiger partial charge in [0.2, 0.25) is 0 Å². The highest BCUT2D eigenvalue weighted by molar-refractivity contribution is 5.85. The monoisotopic (exact) mass is 185 g/mol. The molecule has 1 aliphatic rings. The van der Waals surface area contributed by atoms with E-state index in [2.05, 4.69) is 0 Å². The summed E-state index contributed by atoms with van der Waals surface area (Å²) in [5.74, 6) is -2.99. The first-order valence-corrected chi connectivity index (χ1v) is 3.66. The third kappa shape index (κ3) is 2.56. The second-order valence-corrected chi connectivity index (χ2v) is 3.20. The summed E-state index contributed by atoms with van der Waals surface area (Å²) < 4.78 is 25.4. The molecule has 0 aliphatic heterocycles. The summed E-state index contributed by atoms with van der Waals surface area (Å²) in [6, 6.07) is -0.00498. The van der Waals surface area contributed by atoms with Gasteiger partial charge in [-0.2, -0.15) is 0 Å². The van der Waals surface area contributed by atoms with Crippen LogP contribution in [0.2, 0.25) is 0 Å². The van der Waals surface area contributed by atoms with Crippen molar-refractivity contribution in [1.29, 1.82) is 0 Å². The smallest absolute Gasteiger partial charge is 0.250 e. The summed E-state index contributed by atoms with van der Waals surface area (Å²) in [7, 11) is 0. The molecule has 2 N–H and O–H groups in total. The van der Waals surface area contributed by atoms with Gasteiger partial charge >= 0.3 is 0 Å². The SMILES string of the molecule is C[C@@H]1C[C@H](N)CCC1(F)F.Cl. The summed E-state index contributed by atoms with van der Waals surface area (Å²) in [4.78, 5) is 0. The van der Waals surface area contributed by atoms with Crippen molar-refractivity contribution in [2.24, 2.45) is 11.7 Å². The second-order valence-electron chi connectivity index (χ2n) is 3.20. The van der Waals surface area contributed by atoms with Crippen molar-refractivity contribution >= 4 is 12.4 Å². The molecule has 0 aromatic rings. The Balaban J connectivity index is 0.000001000. The molecule has 0 saturated heterocycles. The highest BCUT2D eigenvalue weighted by Gasteiger charge is 2.40. The lowest BCUT2D eigenvalue weighted by Crippen LogP contribution is -2.39. The van der Waals surface area contributed by atoms with Crippen LogP contribution in [0.15, 0.2) is 0 Å². The van der Waals surface area contributed by atoms with E-state index >= 15 is 0 Å². The van der Waals surface area contributed by atoms with Crippen LogP contribution in [-0.4, -0.2) is 12.0 Å². The van der Waals surface area contributed by atoms with E-state index < -0.39 is 11.8 Å². The van der Waals surface area contributed by atoms with Gasteiger partial charge in [-0.05, 0) is 12.8 Å². The molecule has 0 unspecified atom stereocenters. The predicted octanol–water partition coefficient (Wildman–Crippen LogP) is 2.19. The highest BCUT2D eigenvalue weighted by Crippen LogP contribution is 2.37. The van der Waals surface area contributed by atoms with Gasteiger partial charge in [-0.25, -0.2) is 8.78 Å². The highest BCUT2D eigenvalue weighted by atomic mass is 35.5. The largest absolute Gasteiger partial charge is 0.328 e. The van der Waals surface area contributed by atoms with Crippen molar-refractivity contribution < 1.29 is 8.78 Å². The van der Waals surface area contributed by atoms with Crippen LogP contribution in [0.4, 0.5) is 8.78 Å². The number of rotatable bonds is 0. The summed E-state index contributed by atoms with van der Waals surface area (Å²) in [5, 5.41) is 0. The molecule has 11 heavy (non-hydrogen) atoms. The normalized spacial score (nSPS) is 36.0. The zero-order chi connectivity index (χ0) is 7.78. The Hall–Kier alpha value is 0.110. The van der Waals surface area contributed by atoms with Crippen LogP contribution in [0, 0.1) is 5.92 Å². The minimum Gasteiger partial charge on any atom is -0.328 e. The first kappa shape index (κ1) is 11.1. The van der Waals surface area contributed by atoms with E-state index in [4.69, 9.17) is 5.73 Å². The standard InChI is InChI=1S/C7H13F2N.ClH/c1-5-4-6(10)2-3-7(5,8)9;/h5-6H,2-4,10H2,1H3;1H/t5-,6-;/m1./s1. The Morgan fingerprint density at radius 1 is 1.45 bits per heavy atom. The predicted molar refractivity (Wildman–Crippen MR) is 43.2 cm³/mol. The molecule has 0 heterocycles. The molecule has 0 aromatic carbocycles. The van der Waals surface area contributed by atoms with Crippen LogP contribution in [0.5, 0.6) is 0 Å². The molecule has 1 saturated carbocycles. The van der Waals surface area contributed by atoms with Crippen molar-refractivity contribution in [3.05, 3.63) is 0 Å². The van der Waals surface area contributed by atoms with Gasteiger partial charge in [0.1, 0.15) is 0 Å². The van der Waals surface area contributed by atoms with Gasteiger partial charge in [0.15, 0.2) is 0 Å². The molecular weight excluding hydrogens is 172 g/mol. The maximum atomic E-state index is 12.7. The fraction of sp³-hybridized carbons (Fsp3) is 1.00. The Bertz CT molecular complexity index is 130. The van der Waals surface area contributed by atoms with Gasteiger partial charge in [0.25, 0.3) is 5.92 Å². The summed E-state index contributed by atoms with van der Waals surface area (Å²) in [5.41, 5.74) is 5.51. The molecule has 0 radical (unpaired) electrons. The fourth-order valence-corrected chi connectivity index (χ4v) is 1.37. The topological polar surface area (TPSA) is 26.0 Å². The van der Waals surface area contributed by atoms with E-state index in [-0.39, 0.29) is 24.9 Å². The molecule has 68 valence electrons. The van der Waals surface area contributed by atoms with E-state index in [1.54, 1.807) is 6.92 Å². The van der Waals surface area contributed by atoms with Crippen molar-refractivity contribution in [2.45, 2.75) is 38.2 Å². The van der Waals surface area contributed by atoms with Crippen molar-refractivity contribution in [3.63, 3.8) is 0 Å². The van der Waals surface area contributed by atoms with Crippen LogP contribution in [0.1, 0.15) is 26.2 Å². The van der Waals surface area contributed by atoms with Crippen LogP contribution in [-0.2, 0) is 0 Å². The Morgan fingerprint density at radius 3 is 2.36 bits per heavy atom. The fourth-order valence-electron chi connectivity index (χ4n) is 1.37. The lowest BCUT2D eigenvalue weighted by atomic mass is 9.84. The summed E-state index contributed by atoms with van der Waals surface area (Å²) >= 11 is 0. The number of alkyl halides is 2. The molecule has 0 amide bonds. The zero-order valence-corrected chi connectivity index (χ0v) is 7.33. The van der Waals surface area contributed by atoms with Crippen molar-refractivity contribution in [2.75, 3.05) is 0 Å². The lowest BCUT2D eigenvalue weighted by molar-refractivity contribution is -0.0822. The molecule has 1 fully saturated rings. The first-order valence-electron chi connectivity index (χ1n) is 3.66. The second kappa shape index (κ2) is 3.68. The van der Waals surface area contributed by atoms with Gasteiger partial charge in [-0.1, -0.05) is 6.92 Å². The Morgan fingerprint density at radius 2 is 2.00 bits per heavy atom. The van der Waals surface area contributed by atoms with Crippen LogP contribution < -0.4 is 5.73 Å². The summed E-state index contributed by atoms with van der Waals surface area (Å²) in [6.07, 6.45) is 0.902. The molecule has 1 nitrogen and oxygen atoms in total. The van der Waals surface area contributed by atoms with Crippen molar-refractivity contribution in [1.82, 2.24) is 0 Å². The minimum absolute atomic E-state index is 0. The molecule has 0 aromatic heterocycles. The van der Waals surface area contributed by atoms with E-state index in [0.29, 0.717) is 12.8 Å². The number of nitrogens with two attached hydrogens (primary N) is 1. The van der Waals surface area contributed by atoms with Crippen LogP contribution in [0.3, 0.4) is 0 Å². The molecule has 0 spiro atoms. The zero-order valence-electron chi connectivity index (χ0n) is 6.52. The maximum absolute atomic E-state index is 12.7. The number of hydrogen-bond donors (Lipinski definition) is 1. The molecule has 4 heteroatoms. The number of hydrogen-bond acceptors (Lipinski definition) is 1. The third-order valence-corrected chi connectivity index (χ3v) is 2.23. The molecular formula is C7H14ClF2N. The average molecular weight is 186 g/mol. The molecule has 1 aliphatic carbocycles. The maximum Gasteiger partial charge on any atom is 0.250 e. The Kier molecular flexibility index (Phi) is 3.71. The van der Waals surface area contributed by atoms with Gasteiger partial charge in [-0.3, -0.25) is 0 Å². The lowest BCUT2D eigenvalue weighted by Gasteiger charge is -2.31. The van der Waals surface area contributed by atoms with Gasteiger partial charge < -0.3 is 5.73 Å². The van der Waals surface area contributed by atoms with Crippen molar-refractivity contribution in [3.8, 4) is 0 Å². The Labute approximate surface area is 71.7 Å². The van der Waals surface area contributed by atoms with Gasteiger partial charge in [0.05, 0.1) is 0 Å². The average Bonchev–Trinajstić information content (AvgIpc) is 1.81. The van der Waals surface area contributed by atoms with E-state index in [1.807, 2.05) is 0 Å². The van der Waals surface area contributed by atoms with Gasteiger partial charge in [-0.15, -0.1) is 12.4 Å².